The number of ether oxygens (including phenoxy) is 1. The summed E-state index contributed by atoms with van der Waals surface area (Å²) < 4.78 is 6.38. The van der Waals surface area contributed by atoms with Gasteiger partial charge in [0.2, 0.25) is 5.43 Å². The van der Waals surface area contributed by atoms with E-state index >= 15 is 0 Å². The molecule has 0 radical (unpaired) electrons. The molecule has 1 aliphatic heterocycles. The van der Waals surface area contributed by atoms with Crippen LogP contribution in [0.2, 0.25) is 0 Å². The van der Waals surface area contributed by atoms with E-state index in [1.807, 2.05) is 16.8 Å². The summed E-state index contributed by atoms with van der Waals surface area (Å²) in [5, 5.41) is 25.1. The molecule has 1 atom stereocenters. The van der Waals surface area contributed by atoms with E-state index in [2.05, 4.69) is 0 Å². The number of fused-ring (bicyclic) bond motifs is 1. The van der Waals surface area contributed by atoms with Crippen LogP contribution in [-0.4, -0.2) is 58.1 Å². The first-order valence-electron chi connectivity index (χ1n) is 8.13. The predicted molar refractivity (Wildman–Crippen MR) is 97.9 cm³/mol. The van der Waals surface area contributed by atoms with Crippen LogP contribution >= 0.6 is 11.3 Å². The Morgan fingerprint density at radius 2 is 2.15 bits per heavy atom. The summed E-state index contributed by atoms with van der Waals surface area (Å²) in [6, 6.07) is 1.60. The molecule has 9 nitrogen and oxygen atoms in total. The summed E-state index contributed by atoms with van der Waals surface area (Å²) in [7, 11) is 1.52. The molecule has 3 rings (SSSR count). The molecule has 1 amide bonds. The van der Waals surface area contributed by atoms with Crippen molar-refractivity contribution in [2.24, 2.45) is 0 Å². The zero-order valence-electron chi connectivity index (χ0n) is 14.8. The smallest absolute Gasteiger partial charge is 0.341 e. The highest BCUT2D eigenvalue weighted by Crippen LogP contribution is 2.24. The molecular weight excluding hydrogens is 374 g/mol. The van der Waals surface area contributed by atoms with Gasteiger partial charge in [-0.25, -0.2) is 4.79 Å². The standard InChI is InChI=1S/C17H19N3O6S/c1-10(7-26-2)19-9-18(5-11-3-4-27-8-11)20-6-12(17(24)25)14(21)15(22)13(20)16(19)23/h3-4,6,8,10,22H,5,7,9H2,1-2H3,(H,24,25)/t10-/m0/s1. The van der Waals surface area contributed by atoms with Crippen molar-refractivity contribution in [3.05, 3.63) is 50.1 Å². The Bertz CT molecular complexity index is 923. The topological polar surface area (TPSA) is 112 Å². The summed E-state index contributed by atoms with van der Waals surface area (Å²) in [5.74, 6) is -2.90. The summed E-state index contributed by atoms with van der Waals surface area (Å²) in [6.45, 7) is 2.58. The predicted octanol–water partition coefficient (Wildman–Crippen LogP) is 0.900. The lowest BCUT2D eigenvalue weighted by molar-refractivity contribution is 0.0476. The number of hydrogen-bond donors (Lipinski definition) is 2. The van der Waals surface area contributed by atoms with Gasteiger partial charge in [0.1, 0.15) is 12.2 Å². The van der Waals surface area contributed by atoms with Crippen molar-refractivity contribution in [1.82, 2.24) is 9.58 Å². The van der Waals surface area contributed by atoms with Crippen LogP contribution in [-0.2, 0) is 11.3 Å². The lowest BCUT2D eigenvalue weighted by Gasteiger charge is -2.42. The molecule has 10 heteroatoms. The molecule has 0 unspecified atom stereocenters. The molecule has 0 bridgehead atoms. The maximum Gasteiger partial charge on any atom is 0.341 e. The van der Waals surface area contributed by atoms with Crippen molar-refractivity contribution < 1.29 is 24.5 Å². The Hall–Kier alpha value is -2.85. The molecule has 2 N–H and O–H groups in total. The molecule has 144 valence electrons. The zero-order valence-corrected chi connectivity index (χ0v) is 15.6. The van der Waals surface area contributed by atoms with Crippen LogP contribution in [0.25, 0.3) is 0 Å². The summed E-state index contributed by atoms with van der Waals surface area (Å²) >= 11 is 1.51. The number of carboxylic acids is 1. The number of carbonyl (C=O) groups is 2. The minimum absolute atomic E-state index is 0.146. The molecule has 3 heterocycles. The minimum atomic E-state index is -1.47. The molecule has 2 aromatic heterocycles. The Balaban J connectivity index is 2.14. The number of aromatic hydroxyl groups is 1. The van der Waals surface area contributed by atoms with Gasteiger partial charge in [-0.15, -0.1) is 0 Å². The molecule has 0 saturated carbocycles. The van der Waals surface area contributed by atoms with Crippen molar-refractivity contribution in [3.8, 4) is 5.75 Å². The molecule has 0 saturated heterocycles. The van der Waals surface area contributed by atoms with E-state index in [1.165, 1.54) is 28.0 Å². The second-order valence-corrected chi connectivity index (χ2v) is 7.02. The van der Waals surface area contributed by atoms with E-state index in [0.29, 0.717) is 6.54 Å². The first kappa shape index (κ1) is 18.9. The number of amides is 1. The van der Waals surface area contributed by atoms with E-state index in [4.69, 9.17) is 4.74 Å². The van der Waals surface area contributed by atoms with Crippen LogP contribution in [0.15, 0.2) is 27.8 Å². The number of rotatable bonds is 6. The quantitative estimate of drug-likeness (QED) is 0.750. The van der Waals surface area contributed by atoms with Crippen molar-refractivity contribution >= 4 is 23.2 Å². The number of thiophene rings is 1. The number of carboxylic acid groups (broad SMARTS) is 1. The fourth-order valence-electron chi connectivity index (χ4n) is 3.00. The molecular formula is C17H19N3O6S. The molecule has 27 heavy (non-hydrogen) atoms. The van der Waals surface area contributed by atoms with Gasteiger partial charge in [0.25, 0.3) is 5.91 Å². The maximum atomic E-state index is 12.9. The highest BCUT2D eigenvalue weighted by molar-refractivity contribution is 7.07. The van der Waals surface area contributed by atoms with Gasteiger partial charge in [-0.05, 0) is 29.3 Å². The lowest BCUT2D eigenvalue weighted by Crippen LogP contribution is -2.57. The van der Waals surface area contributed by atoms with Crippen molar-refractivity contribution in [3.63, 3.8) is 0 Å². The van der Waals surface area contributed by atoms with Gasteiger partial charge in [-0.2, -0.15) is 11.3 Å². The van der Waals surface area contributed by atoms with Crippen LogP contribution in [0.5, 0.6) is 5.75 Å². The second kappa shape index (κ2) is 7.41. The van der Waals surface area contributed by atoms with Crippen LogP contribution in [0, 0.1) is 0 Å². The van der Waals surface area contributed by atoms with Gasteiger partial charge in [-0.1, -0.05) is 0 Å². The van der Waals surface area contributed by atoms with Crippen LogP contribution < -0.4 is 10.4 Å². The van der Waals surface area contributed by atoms with Gasteiger partial charge >= 0.3 is 5.97 Å². The third-order valence-corrected chi connectivity index (χ3v) is 5.10. The average Bonchev–Trinajstić information content (AvgIpc) is 3.12. The van der Waals surface area contributed by atoms with Crippen LogP contribution in [0.1, 0.15) is 33.3 Å². The van der Waals surface area contributed by atoms with Gasteiger partial charge in [0, 0.05) is 13.3 Å². The lowest BCUT2D eigenvalue weighted by atomic mass is 10.1. The number of carbonyl (C=O) groups excluding carboxylic acids is 1. The van der Waals surface area contributed by atoms with E-state index in [0.717, 1.165) is 11.8 Å². The van der Waals surface area contributed by atoms with E-state index in [1.54, 1.807) is 11.9 Å². The number of nitrogens with zero attached hydrogens (tertiary/aromatic N) is 3. The Kier molecular flexibility index (Phi) is 5.19. The summed E-state index contributed by atoms with van der Waals surface area (Å²) in [6.07, 6.45) is 1.09. The Morgan fingerprint density at radius 1 is 1.41 bits per heavy atom. The Morgan fingerprint density at radius 3 is 2.74 bits per heavy atom. The Labute approximate surface area is 158 Å². The average molecular weight is 393 g/mol. The van der Waals surface area contributed by atoms with Gasteiger partial charge in [0.05, 0.1) is 19.2 Å². The number of hydrogen-bond acceptors (Lipinski definition) is 7. The fraction of sp³-hybridized carbons (Fsp3) is 0.353. The normalized spacial score (nSPS) is 15.0. The third kappa shape index (κ3) is 3.40. The van der Waals surface area contributed by atoms with Crippen LogP contribution in [0.4, 0.5) is 0 Å². The maximum absolute atomic E-state index is 12.9. The SMILES string of the molecule is COC[C@H](C)N1CN(Cc2ccsc2)n2cc(C(=O)O)c(=O)c(O)c2C1=O. The van der Waals surface area contributed by atoms with Gasteiger partial charge in [-0.3, -0.25) is 19.3 Å². The van der Waals surface area contributed by atoms with Crippen molar-refractivity contribution in [1.29, 1.82) is 0 Å². The molecule has 1 aliphatic rings. The first-order valence-corrected chi connectivity index (χ1v) is 9.07. The number of aromatic nitrogens is 1. The van der Waals surface area contributed by atoms with Crippen molar-refractivity contribution in [2.75, 3.05) is 25.4 Å². The summed E-state index contributed by atoms with van der Waals surface area (Å²) in [4.78, 5) is 38.0. The molecule has 0 aromatic carbocycles. The zero-order chi connectivity index (χ0) is 19.7. The largest absolute Gasteiger partial charge is 0.502 e. The monoisotopic (exact) mass is 393 g/mol. The van der Waals surface area contributed by atoms with E-state index in [-0.39, 0.29) is 25.0 Å². The van der Waals surface area contributed by atoms with Crippen LogP contribution in [0.3, 0.4) is 0 Å². The molecule has 0 fully saturated rings. The van der Waals surface area contributed by atoms with E-state index in [9.17, 15) is 24.6 Å². The minimum Gasteiger partial charge on any atom is -0.502 e. The van der Waals surface area contributed by atoms with Crippen molar-refractivity contribution in [2.45, 2.75) is 19.5 Å². The third-order valence-electron chi connectivity index (χ3n) is 4.36. The first-order chi connectivity index (χ1) is 12.8. The van der Waals surface area contributed by atoms with Gasteiger partial charge in [0.15, 0.2) is 11.4 Å². The van der Waals surface area contributed by atoms with Gasteiger partial charge < -0.3 is 19.8 Å². The molecule has 2 aromatic rings. The second-order valence-electron chi connectivity index (χ2n) is 6.24. The number of pyridine rings is 1. The van der Waals surface area contributed by atoms with E-state index < -0.39 is 28.6 Å². The highest BCUT2D eigenvalue weighted by Gasteiger charge is 2.36. The fourth-order valence-corrected chi connectivity index (χ4v) is 3.66. The summed E-state index contributed by atoms with van der Waals surface area (Å²) in [5.41, 5.74) is -0.985. The highest BCUT2D eigenvalue weighted by atomic mass is 32.1. The number of methoxy groups -OCH3 is 1. The molecule has 0 aliphatic carbocycles. The number of aromatic carboxylic acids is 1. The molecule has 0 spiro atoms.